The number of carbonyl (C=O) groups excluding carboxylic acids is 3. The molecule has 0 aliphatic carbocycles. The van der Waals surface area contributed by atoms with Crippen LogP contribution in [0.15, 0.2) is 42.5 Å². The third-order valence-corrected chi connectivity index (χ3v) is 4.45. The van der Waals surface area contributed by atoms with Gasteiger partial charge >= 0.3 is 0 Å². The number of nitro groups is 1. The van der Waals surface area contributed by atoms with Crippen molar-refractivity contribution in [3.63, 3.8) is 0 Å². The number of hydrogen-bond donors (Lipinski definition) is 2. The van der Waals surface area contributed by atoms with Gasteiger partial charge in [0.2, 0.25) is 5.91 Å². The van der Waals surface area contributed by atoms with Gasteiger partial charge in [-0.25, -0.2) is 10.3 Å². The summed E-state index contributed by atoms with van der Waals surface area (Å²) in [5.74, 6) is -0.920. The first-order chi connectivity index (χ1) is 14.3. The third kappa shape index (κ3) is 4.05. The molecule has 0 bridgehead atoms. The lowest BCUT2D eigenvalue weighted by Gasteiger charge is -2.16. The second-order valence-corrected chi connectivity index (χ2v) is 6.27. The van der Waals surface area contributed by atoms with E-state index in [9.17, 15) is 24.5 Å². The lowest BCUT2D eigenvalue weighted by Crippen LogP contribution is -2.48. The van der Waals surface area contributed by atoms with Crippen LogP contribution < -0.4 is 25.2 Å². The van der Waals surface area contributed by atoms with Gasteiger partial charge < -0.3 is 9.47 Å². The maximum absolute atomic E-state index is 12.6. The summed E-state index contributed by atoms with van der Waals surface area (Å²) in [4.78, 5) is 48.5. The molecule has 1 aliphatic rings. The molecule has 1 fully saturated rings. The number of nitro benzene ring substituents is 1. The van der Waals surface area contributed by atoms with E-state index in [1.54, 1.807) is 6.07 Å². The Bertz CT molecular complexity index is 1020. The van der Waals surface area contributed by atoms with Crippen LogP contribution in [0.25, 0.3) is 0 Å². The highest BCUT2D eigenvalue weighted by Gasteiger charge is 2.40. The number of methoxy groups -OCH3 is 2. The monoisotopic (exact) mass is 414 g/mol. The molecule has 1 saturated heterocycles. The summed E-state index contributed by atoms with van der Waals surface area (Å²) >= 11 is 0. The molecule has 1 heterocycles. The van der Waals surface area contributed by atoms with Crippen LogP contribution in [-0.4, -0.2) is 42.9 Å². The zero-order chi connectivity index (χ0) is 21.8. The molecule has 0 radical (unpaired) electrons. The van der Waals surface area contributed by atoms with E-state index in [0.29, 0.717) is 11.5 Å². The van der Waals surface area contributed by atoms with E-state index in [2.05, 4.69) is 10.9 Å². The van der Waals surface area contributed by atoms with Gasteiger partial charge in [0.25, 0.3) is 17.5 Å². The predicted octanol–water partition coefficient (Wildman–Crippen LogP) is 1.18. The van der Waals surface area contributed by atoms with Crippen LogP contribution in [0, 0.1) is 10.1 Å². The summed E-state index contributed by atoms with van der Waals surface area (Å²) in [5, 5.41) is 10.9. The Morgan fingerprint density at radius 2 is 1.87 bits per heavy atom. The predicted molar refractivity (Wildman–Crippen MR) is 104 cm³/mol. The topological polar surface area (TPSA) is 140 Å². The van der Waals surface area contributed by atoms with Crippen molar-refractivity contribution in [1.82, 2.24) is 10.9 Å². The molecule has 0 spiro atoms. The fourth-order valence-electron chi connectivity index (χ4n) is 2.96. The number of non-ortho nitro benzene ring substituents is 1. The van der Waals surface area contributed by atoms with Crippen molar-refractivity contribution in [3.8, 4) is 11.5 Å². The van der Waals surface area contributed by atoms with Gasteiger partial charge in [0.05, 0.1) is 31.3 Å². The largest absolute Gasteiger partial charge is 0.493 e. The Hall–Kier alpha value is -3.99. The molecule has 156 valence electrons. The molecule has 0 aromatic heterocycles. The van der Waals surface area contributed by atoms with Crippen molar-refractivity contribution in [2.24, 2.45) is 0 Å². The van der Waals surface area contributed by atoms with Gasteiger partial charge in [-0.1, -0.05) is 6.07 Å². The molecule has 3 amide bonds. The standard InChI is InChI=1S/C19H18N4O7/c1-29-15-7-6-11(8-16(15)30-2)18(25)21-20-14-10-17(24)22(19(14)26)12-4-3-5-13(9-12)23(27)28/h3-9,14,20H,10H2,1-2H3,(H,21,25)/t14-/m1/s1. The zero-order valence-corrected chi connectivity index (χ0v) is 16.1. The van der Waals surface area contributed by atoms with E-state index < -0.39 is 28.7 Å². The average Bonchev–Trinajstić information content (AvgIpc) is 3.04. The number of nitrogens with zero attached hydrogens (tertiary/aromatic N) is 2. The maximum atomic E-state index is 12.6. The highest BCUT2D eigenvalue weighted by molar-refractivity contribution is 6.22. The average molecular weight is 414 g/mol. The molecule has 2 aromatic rings. The Morgan fingerprint density at radius 1 is 1.13 bits per heavy atom. The number of hydrazine groups is 1. The first kappa shape index (κ1) is 20.7. The molecule has 11 heteroatoms. The summed E-state index contributed by atoms with van der Waals surface area (Å²) in [6, 6.07) is 8.72. The van der Waals surface area contributed by atoms with E-state index in [1.165, 1.54) is 44.6 Å². The van der Waals surface area contributed by atoms with E-state index in [-0.39, 0.29) is 23.4 Å². The number of benzene rings is 2. The Morgan fingerprint density at radius 3 is 2.53 bits per heavy atom. The summed E-state index contributed by atoms with van der Waals surface area (Å²) in [6.45, 7) is 0. The molecular weight excluding hydrogens is 396 g/mol. The van der Waals surface area contributed by atoms with E-state index in [4.69, 9.17) is 9.47 Å². The molecule has 0 unspecified atom stereocenters. The van der Waals surface area contributed by atoms with E-state index in [0.717, 1.165) is 11.0 Å². The smallest absolute Gasteiger partial charge is 0.271 e. The van der Waals surface area contributed by atoms with Crippen molar-refractivity contribution >= 4 is 29.1 Å². The van der Waals surface area contributed by atoms with E-state index in [1.807, 2.05) is 0 Å². The lowest BCUT2D eigenvalue weighted by molar-refractivity contribution is -0.384. The minimum absolute atomic E-state index is 0.0923. The minimum Gasteiger partial charge on any atom is -0.493 e. The van der Waals surface area contributed by atoms with Crippen molar-refractivity contribution in [1.29, 1.82) is 0 Å². The van der Waals surface area contributed by atoms with Crippen LogP contribution in [0.5, 0.6) is 11.5 Å². The van der Waals surface area contributed by atoms with Crippen molar-refractivity contribution < 1.29 is 28.8 Å². The van der Waals surface area contributed by atoms with Gasteiger partial charge in [-0.15, -0.1) is 0 Å². The zero-order valence-electron chi connectivity index (χ0n) is 16.1. The highest BCUT2D eigenvalue weighted by atomic mass is 16.6. The van der Waals surface area contributed by atoms with Crippen LogP contribution in [0.4, 0.5) is 11.4 Å². The van der Waals surface area contributed by atoms with Gasteiger partial charge in [0, 0.05) is 17.7 Å². The molecule has 30 heavy (non-hydrogen) atoms. The van der Waals surface area contributed by atoms with Crippen LogP contribution in [0.2, 0.25) is 0 Å². The number of imide groups is 1. The quantitative estimate of drug-likeness (QED) is 0.391. The van der Waals surface area contributed by atoms with Crippen LogP contribution in [0.3, 0.4) is 0 Å². The van der Waals surface area contributed by atoms with E-state index >= 15 is 0 Å². The van der Waals surface area contributed by atoms with Crippen molar-refractivity contribution in [2.75, 3.05) is 19.1 Å². The Balaban J connectivity index is 1.69. The van der Waals surface area contributed by atoms with Crippen LogP contribution >= 0.6 is 0 Å². The summed E-state index contributed by atoms with van der Waals surface area (Å²) < 4.78 is 10.3. The number of ether oxygens (including phenoxy) is 2. The number of carbonyl (C=O) groups is 3. The maximum Gasteiger partial charge on any atom is 0.271 e. The third-order valence-electron chi connectivity index (χ3n) is 4.45. The Labute approximate surface area is 170 Å². The number of nitrogens with one attached hydrogen (secondary N) is 2. The van der Waals surface area contributed by atoms with Crippen LogP contribution in [-0.2, 0) is 9.59 Å². The van der Waals surface area contributed by atoms with Gasteiger partial charge in [0.1, 0.15) is 6.04 Å². The fourth-order valence-corrected chi connectivity index (χ4v) is 2.96. The van der Waals surface area contributed by atoms with Gasteiger partial charge in [-0.3, -0.25) is 29.9 Å². The molecule has 2 N–H and O–H groups in total. The summed E-state index contributed by atoms with van der Waals surface area (Å²) in [6.07, 6.45) is -0.215. The molecule has 2 aromatic carbocycles. The first-order valence-electron chi connectivity index (χ1n) is 8.75. The number of amides is 3. The van der Waals surface area contributed by atoms with Gasteiger partial charge in [0.15, 0.2) is 11.5 Å². The summed E-state index contributed by atoms with van der Waals surface area (Å²) in [5.41, 5.74) is 5.03. The molecule has 1 aliphatic heterocycles. The molecule has 11 nitrogen and oxygen atoms in total. The fraction of sp³-hybridized carbons (Fsp3) is 0.211. The number of anilines is 1. The SMILES string of the molecule is COc1ccc(C(=O)NN[C@@H]2CC(=O)N(c3cccc([N+](=O)[O-])c3)C2=O)cc1OC. The second-order valence-electron chi connectivity index (χ2n) is 6.27. The molecular formula is C19H18N4O7. The Kier molecular flexibility index (Phi) is 5.93. The number of hydrogen-bond acceptors (Lipinski definition) is 8. The number of rotatable bonds is 7. The highest BCUT2D eigenvalue weighted by Crippen LogP contribution is 2.28. The summed E-state index contributed by atoms with van der Waals surface area (Å²) in [7, 11) is 2.90. The van der Waals surface area contributed by atoms with Crippen LogP contribution in [0.1, 0.15) is 16.8 Å². The molecule has 3 rings (SSSR count). The second kappa shape index (κ2) is 8.57. The minimum atomic E-state index is -1.01. The van der Waals surface area contributed by atoms with Gasteiger partial charge in [-0.05, 0) is 24.3 Å². The van der Waals surface area contributed by atoms with Crippen molar-refractivity contribution in [2.45, 2.75) is 12.5 Å². The molecule has 0 saturated carbocycles. The first-order valence-corrected chi connectivity index (χ1v) is 8.75. The normalized spacial score (nSPS) is 15.8. The molecule has 1 atom stereocenters. The lowest BCUT2D eigenvalue weighted by atomic mass is 10.2. The van der Waals surface area contributed by atoms with Crippen molar-refractivity contribution in [3.05, 3.63) is 58.1 Å². The van der Waals surface area contributed by atoms with Gasteiger partial charge in [-0.2, -0.15) is 0 Å².